The average molecular weight is 347 g/mol. The minimum absolute atomic E-state index is 0.107. The van der Waals surface area contributed by atoms with Crippen LogP contribution < -0.4 is 5.73 Å². The normalized spacial score (nSPS) is 23.0. The smallest absolute Gasteiger partial charge is 0.410 e. The van der Waals surface area contributed by atoms with Crippen LogP contribution in [-0.4, -0.2) is 66.8 Å². The number of rotatable bonds is 2. The minimum Gasteiger partial charge on any atom is -0.444 e. The molecule has 0 spiro atoms. The summed E-state index contributed by atoms with van der Waals surface area (Å²) in [7, 11) is -3.29. The minimum atomic E-state index is -3.29. The Hall–Kier alpha value is -0.860. The van der Waals surface area contributed by atoms with Gasteiger partial charge in [0, 0.05) is 32.2 Å². The third-order valence-corrected chi connectivity index (χ3v) is 6.77. The van der Waals surface area contributed by atoms with Crippen LogP contribution in [0, 0.1) is 0 Å². The van der Waals surface area contributed by atoms with Gasteiger partial charge < -0.3 is 15.4 Å². The van der Waals surface area contributed by atoms with Crippen molar-refractivity contribution in [3.63, 3.8) is 0 Å². The number of ether oxygens (including phenoxy) is 1. The molecule has 0 radical (unpaired) electrons. The summed E-state index contributed by atoms with van der Waals surface area (Å²) in [5.74, 6) is 0. The number of sulfonamides is 1. The molecule has 0 aromatic carbocycles. The Labute approximate surface area is 139 Å². The fourth-order valence-electron chi connectivity index (χ4n) is 3.00. The zero-order valence-electron chi connectivity index (χ0n) is 14.3. The van der Waals surface area contributed by atoms with Crippen molar-refractivity contribution in [1.29, 1.82) is 0 Å². The van der Waals surface area contributed by atoms with Crippen molar-refractivity contribution in [3.05, 3.63) is 0 Å². The molecular weight excluding hydrogens is 318 g/mol. The quantitative estimate of drug-likeness (QED) is 0.808. The van der Waals surface area contributed by atoms with Crippen LogP contribution in [0.25, 0.3) is 0 Å². The molecule has 0 unspecified atom stereocenters. The van der Waals surface area contributed by atoms with Crippen LogP contribution in [0.1, 0.15) is 46.5 Å². The molecular formula is C15H29N3O4S. The first-order valence-electron chi connectivity index (χ1n) is 8.32. The van der Waals surface area contributed by atoms with Crippen molar-refractivity contribution in [2.24, 2.45) is 5.73 Å². The highest BCUT2D eigenvalue weighted by molar-refractivity contribution is 7.89. The summed E-state index contributed by atoms with van der Waals surface area (Å²) in [6.45, 7) is 7.33. The lowest BCUT2D eigenvalue weighted by Crippen LogP contribution is -2.50. The zero-order chi connectivity index (χ0) is 17.3. The Morgan fingerprint density at radius 2 is 1.57 bits per heavy atom. The number of nitrogens with two attached hydrogens (primary N) is 1. The van der Waals surface area contributed by atoms with Gasteiger partial charge in [-0.3, -0.25) is 0 Å². The van der Waals surface area contributed by atoms with Gasteiger partial charge in [-0.05, 0) is 46.5 Å². The number of carbonyl (C=O) groups is 1. The molecule has 0 aromatic heterocycles. The summed E-state index contributed by atoms with van der Waals surface area (Å²) in [6.07, 6.45) is 2.00. The monoisotopic (exact) mass is 347 g/mol. The second-order valence-electron chi connectivity index (χ2n) is 7.45. The van der Waals surface area contributed by atoms with Gasteiger partial charge in [-0.2, -0.15) is 0 Å². The predicted molar refractivity (Wildman–Crippen MR) is 88.5 cm³/mol. The Morgan fingerprint density at radius 3 is 2.04 bits per heavy atom. The molecule has 8 heteroatoms. The maximum Gasteiger partial charge on any atom is 0.410 e. The molecule has 2 rings (SSSR count). The fraction of sp³-hybridized carbons (Fsp3) is 0.933. The van der Waals surface area contributed by atoms with E-state index in [0.29, 0.717) is 39.0 Å². The number of amides is 1. The van der Waals surface area contributed by atoms with Crippen molar-refractivity contribution in [2.45, 2.75) is 63.3 Å². The van der Waals surface area contributed by atoms with Crippen LogP contribution in [0.15, 0.2) is 0 Å². The maximum absolute atomic E-state index is 12.7. The van der Waals surface area contributed by atoms with Crippen LogP contribution in [0.2, 0.25) is 0 Å². The lowest BCUT2D eigenvalue weighted by molar-refractivity contribution is 0.0216. The molecule has 2 aliphatic heterocycles. The highest BCUT2D eigenvalue weighted by atomic mass is 32.2. The highest BCUT2D eigenvalue weighted by Gasteiger charge is 2.37. The van der Waals surface area contributed by atoms with E-state index in [0.717, 1.165) is 12.8 Å². The number of hydrogen-bond donors (Lipinski definition) is 1. The maximum atomic E-state index is 12.7. The summed E-state index contributed by atoms with van der Waals surface area (Å²) in [5, 5.41) is -0.407. The van der Waals surface area contributed by atoms with E-state index in [1.807, 2.05) is 20.8 Å². The van der Waals surface area contributed by atoms with Gasteiger partial charge >= 0.3 is 6.09 Å². The SMILES string of the molecule is CC(C)(C)OC(=O)N1CCC(S(=O)(=O)N2CCC(N)CC2)CC1. The van der Waals surface area contributed by atoms with Crippen molar-refractivity contribution < 1.29 is 17.9 Å². The Morgan fingerprint density at radius 1 is 1.04 bits per heavy atom. The van der Waals surface area contributed by atoms with Gasteiger partial charge in [0.1, 0.15) is 5.60 Å². The topological polar surface area (TPSA) is 92.9 Å². The Bertz CT molecular complexity index is 513. The van der Waals surface area contributed by atoms with Gasteiger partial charge in [0.25, 0.3) is 0 Å². The van der Waals surface area contributed by atoms with Crippen molar-refractivity contribution >= 4 is 16.1 Å². The standard InChI is InChI=1S/C15H29N3O4S/c1-15(2,3)22-14(19)17-8-6-13(7-9-17)23(20,21)18-10-4-12(16)5-11-18/h12-13H,4-11,16H2,1-3H3. The molecule has 1 amide bonds. The molecule has 2 aliphatic rings. The van der Waals surface area contributed by atoms with Gasteiger partial charge in [0.2, 0.25) is 10.0 Å². The van der Waals surface area contributed by atoms with Crippen molar-refractivity contribution in [3.8, 4) is 0 Å². The molecule has 23 heavy (non-hydrogen) atoms. The summed E-state index contributed by atoms with van der Waals surface area (Å²) >= 11 is 0. The number of carbonyl (C=O) groups excluding carboxylic acids is 1. The summed E-state index contributed by atoms with van der Waals surface area (Å²) in [5.41, 5.74) is 5.31. The third kappa shape index (κ3) is 4.81. The van der Waals surface area contributed by atoms with Gasteiger partial charge in [0.05, 0.1) is 5.25 Å². The van der Waals surface area contributed by atoms with Crippen LogP contribution in [0.5, 0.6) is 0 Å². The molecule has 2 N–H and O–H groups in total. The molecule has 0 bridgehead atoms. The van der Waals surface area contributed by atoms with E-state index < -0.39 is 20.9 Å². The fourth-order valence-corrected chi connectivity index (χ4v) is 4.95. The van der Waals surface area contributed by atoms with Crippen LogP contribution in [-0.2, 0) is 14.8 Å². The zero-order valence-corrected chi connectivity index (χ0v) is 15.1. The lowest BCUT2D eigenvalue weighted by Gasteiger charge is -2.37. The molecule has 7 nitrogen and oxygen atoms in total. The van der Waals surface area contributed by atoms with Crippen molar-refractivity contribution in [2.75, 3.05) is 26.2 Å². The number of hydrogen-bond acceptors (Lipinski definition) is 5. The molecule has 2 heterocycles. The van der Waals surface area contributed by atoms with Gasteiger partial charge in [-0.15, -0.1) is 0 Å². The van der Waals surface area contributed by atoms with Crippen LogP contribution in [0.3, 0.4) is 0 Å². The van der Waals surface area contributed by atoms with E-state index in [2.05, 4.69) is 0 Å². The van der Waals surface area contributed by atoms with Gasteiger partial charge in [0.15, 0.2) is 0 Å². The molecule has 0 aliphatic carbocycles. The number of piperidine rings is 2. The van der Waals surface area contributed by atoms with Crippen molar-refractivity contribution in [1.82, 2.24) is 9.21 Å². The summed E-state index contributed by atoms with van der Waals surface area (Å²) < 4.78 is 32.3. The first kappa shape index (κ1) is 18.5. The molecule has 134 valence electrons. The van der Waals surface area contributed by atoms with Crippen LogP contribution in [0.4, 0.5) is 4.79 Å². The van der Waals surface area contributed by atoms with E-state index in [-0.39, 0.29) is 12.1 Å². The predicted octanol–water partition coefficient (Wildman–Crippen LogP) is 1.14. The largest absolute Gasteiger partial charge is 0.444 e. The van der Waals surface area contributed by atoms with E-state index in [1.165, 1.54) is 0 Å². The van der Waals surface area contributed by atoms with E-state index >= 15 is 0 Å². The highest BCUT2D eigenvalue weighted by Crippen LogP contribution is 2.24. The number of nitrogens with zero attached hydrogens (tertiary/aromatic N) is 2. The molecule has 0 aromatic rings. The van der Waals surface area contributed by atoms with E-state index in [9.17, 15) is 13.2 Å². The first-order chi connectivity index (χ1) is 10.6. The van der Waals surface area contributed by atoms with Gasteiger partial charge in [-0.1, -0.05) is 0 Å². The number of likely N-dealkylation sites (tertiary alicyclic amines) is 1. The Balaban J connectivity index is 1.89. The third-order valence-electron chi connectivity index (χ3n) is 4.37. The van der Waals surface area contributed by atoms with Gasteiger partial charge in [-0.25, -0.2) is 17.5 Å². The lowest BCUT2D eigenvalue weighted by atomic mass is 10.1. The summed E-state index contributed by atoms with van der Waals surface area (Å²) in [4.78, 5) is 13.6. The molecule has 2 saturated heterocycles. The van der Waals surface area contributed by atoms with E-state index in [4.69, 9.17) is 10.5 Å². The Kier molecular flexibility index (Phi) is 5.58. The second kappa shape index (κ2) is 6.94. The first-order valence-corrected chi connectivity index (χ1v) is 9.82. The van der Waals surface area contributed by atoms with Crippen LogP contribution >= 0.6 is 0 Å². The van der Waals surface area contributed by atoms with E-state index in [1.54, 1.807) is 9.21 Å². The second-order valence-corrected chi connectivity index (χ2v) is 9.66. The average Bonchev–Trinajstić information content (AvgIpc) is 2.46. The molecule has 2 fully saturated rings. The molecule has 0 atom stereocenters. The molecule has 0 saturated carbocycles. The summed E-state index contributed by atoms with van der Waals surface area (Å²) in [6, 6.07) is 0.107.